The molecule has 2 rings (SSSR count). The topological polar surface area (TPSA) is 29.3 Å². The van der Waals surface area contributed by atoms with Gasteiger partial charge in [0.1, 0.15) is 0 Å². The lowest BCUT2D eigenvalue weighted by molar-refractivity contribution is 0.340. The van der Waals surface area contributed by atoms with Gasteiger partial charge in [-0.1, -0.05) is 6.92 Å². The maximum atomic E-state index is 5.80. The third-order valence-electron chi connectivity index (χ3n) is 3.88. The largest absolute Gasteiger partial charge is 0.399 e. The average molecular weight is 344 g/mol. The summed E-state index contributed by atoms with van der Waals surface area (Å²) in [6, 6.07) is 6.90. The first-order chi connectivity index (χ1) is 8.08. The van der Waals surface area contributed by atoms with Gasteiger partial charge in [0.05, 0.1) is 5.69 Å². The van der Waals surface area contributed by atoms with Crippen LogP contribution >= 0.6 is 22.6 Å². The van der Waals surface area contributed by atoms with Gasteiger partial charge in [-0.25, -0.2) is 0 Å². The second-order valence-corrected chi connectivity index (χ2v) is 6.40. The molecule has 0 saturated heterocycles. The van der Waals surface area contributed by atoms with E-state index < -0.39 is 0 Å². The lowest BCUT2D eigenvalue weighted by Crippen LogP contribution is -2.35. The second-order valence-electron chi connectivity index (χ2n) is 5.24. The minimum absolute atomic E-state index is 0.698. The van der Waals surface area contributed by atoms with E-state index in [0.29, 0.717) is 6.04 Å². The molecule has 1 aliphatic carbocycles. The van der Waals surface area contributed by atoms with Gasteiger partial charge in [-0.3, -0.25) is 0 Å². The Morgan fingerprint density at radius 1 is 1.24 bits per heavy atom. The number of hydrogen-bond acceptors (Lipinski definition) is 2. The van der Waals surface area contributed by atoms with Crippen LogP contribution in [0.15, 0.2) is 18.2 Å². The molecule has 0 radical (unpaired) electrons. The van der Waals surface area contributed by atoms with Crippen LogP contribution < -0.4 is 10.6 Å². The SMILES string of the molecule is CC1CCC(N(C)c2ccc(N)cc2I)CC1. The fourth-order valence-corrected chi connectivity index (χ4v) is 3.56. The smallest absolute Gasteiger partial charge is 0.0503 e. The second kappa shape index (κ2) is 5.46. The summed E-state index contributed by atoms with van der Waals surface area (Å²) in [5.74, 6) is 0.908. The van der Waals surface area contributed by atoms with Crippen molar-refractivity contribution in [1.82, 2.24) is 0 Å². The van der Waals surface area contributed by atoms with Crippen LogP contribution in [0.1, 0.15) is 32.6 Å². The van der Waals surface area contributed by atoms with Gasteiger partial charge in [-0.2, -0.15) is 0 Å². The standard InChI is InChI=1S/C14H21IN2/c1-10-3-6-12(7-4-10)17(2)14-8-5-11(16)9-13(14)15/h5,8-10,12H,3-4,6-7,16H2,1-2H3. The molecule has 0 spiro atoms. The highest BCUT2D eigenvalue weighted by Gasteiger charge is 2.22. The Morgan fingerprint density at radius 2 is 1.88 bits per heavy atom. The molecule has 0 amide bonds. The molecule has 17 heavy (non-hydrogen) atoms. The molecule has 94 valence electrons. The first-order valence-corrected chi connectivity index (χ1v) is 7.43. The van der Waals surface area contributed by atoms with Gasteiger partial charge >= 0.3 is 0 Å². The average Bonchev–Trinajstić information content (AvgIpc) is 2.29. The highest BCUT2D eigenvalue weighted by atomic mass is 127. The molecular weight excluding hydrogens is 323 g/mol. The van der Waals surface area contributed by atoms with E-state index in [0.717, 1.165) is 11.6 Å². The predicted molar refractivity (Wildman–Crippen MR) is 83.4 cm³/mol. The van der Waals surface area contributed by atoms with E-state index >= 15 is 0 Å². The van der Waals surface area contributed by atoms with Crippen molar-refractivity contribution in [3.8, 4) is 0 Å². The van der Waals surface area contributed by atoms with Gasteiger partial charge in [-0.15, -0.1) is 0 Å². The van der Waals surface area contributed by atoms with E-state index in [-0.39, 0.29) is 0 Å². The van der Waals surface area contributed by atoms with Crippen molar-refractivity contribution in [2.24, 2.45) is 5.92 Å². The van der Waals surface area contributed by atoms with Gasteiger partial charge in [-0.05, 0) is 72.4 Å². The third kappa shape index (κ3) is 3.06. The summed E-state index contributed by atoms with van der Waals surface area (Å²) in [5.41, 5.74) is 7.97. The molecule has 0 unspecified atom stereocenters. The van der Waals surface area contributed by atoms with Crippen LogP contribution in [-0.4, -0.2) is 13.1 Å². The van der Waals surface area contributed by atoms with Gasteiger partial charge < -0.3 is 10.6 Å². The maximum Gasteiger partial charge on any atom is 0.0503 e. The fraction of sp³-hybridized carbons (Fsp3) is 0.571. The number of hydrogen-bond donors (Lipinski definition) is 1. The fourth-order valence-electron chi connectivity index (χ4n) is 2.64. The molecule has 3 heteroatoms. The molecule has 2 N–H and O–H groups in total. The van der Waals surface area contributed by atoms with E-state index in [4.69, 9.17) is 5.73 Å². The van der Waals surface area contributed by atoms with Gasteiger partial charge in [0.15, 0.2) is 0 Å². The van der Waals surface area contributed by atoms with Crippen LogP contribution in [0.25, 0.3) is 0 Å². The molecule has 0 heterocycles. The lowest BCUT2D eigenvalue weighted by atomic mass is 9.86. The summed E-state index contributed by atoms with van der Waals surface area (Å²) in [4.78, 5) is 2.44. The molecular formula is C14H21IN2. The van der Waals surface area contributed by atoms with Crippen molar-refractivity contribution in [1.29, 1.82) is 0 Å². The number of nitrogens with two attached hydrogens (primary N) is 1. The van der Waals surface area contributed by atoms with Crippen LogP contribution in [-0.2, 0) is 0 Å². The highest BCUT2D eigenvalue weighted by Crippen LogP contribution is 2.32. The molecule has 2 nitrogen and oxygen atoms in total. The number of nitrogens with zero attached hydrogens (tertiary/aromatic N) is 1. The normalized spacial score (nSPS) is 24.6. The van der Waals surface area contributed by atoms with E-state index in [1.165, 1.54) is 34.9 Å². The Labute approximate surface area is 118 Å². The van der Waals surface area contributed by atoms with Crippen molar-refractivity contribution in [2.75, 3.05) is 17.7 Å². The first-order valence-electron chi connectivity index (χ1n) is 6.36. The molecule has 1 aliphatic rings. The van der Waals surface area contributed by atoms with Crippen molar-refractivity contribution in [3.63, 3.8) is 0 Å². The molecule has 0 atom stereocenters. The van der Waals surface area contributed by atoms with Gasteiger partial charge in [0, 0.05) is 22.3 Å². The van der Waals surface area contributed by atoms with Crippen molar-refractivity contribution in [3.05, 3.63) is 21.8 Å². The van der Waals surface area contributed by atoms with Crippen LogP contribution in [0.4, 0.5) is 11.4 Å². The van der Waals surface area contributed by atoms with E-state index in [1.54, 1.807) is 0 Å². The van der Waals surface area contributed by atoms with Crippen molar-refractivity contribution < 1.29 is 0 Å². The van der Waals surface area contributed by atoms with E-state index in [2.05, 4.69) is 53.6 Å². The third-order valence-corrected chi connectivity index (χ3v) is 4.75. The van der Waals surface area contributed by atoms with Crippen LogP contribution in [0, 0.1) is 9.49 Å². The van der Waals surface area contributed by atoms with Crippen LogP contribution in [0.5, 0.6) is 0 Å². The van der Waals surface area contributed by atoms with E-state index in [1.807, 2.05) is 6.07 Å². The minimum Gasteiger partial charge on any atom is -0.399 e. The monoisotopic (exact) mass is 344 g/mol. The van der Waals surface area contributed by atoms with Crippen LogP contribution in [0.3, 0.4) is 0 Å². The van der Waals surface area contributed by atoms with E-state index in [9.17, 15) is 0 Å². The van der Waals surface area contributed by atoms with Gasteiger partial charge in [0.2, 0.25) is 0 Å². The zero-order valence-electron chi connectivity index (χ0n) is 10.6. The minimum atomic E-state index is 0.698. The molecule has 0 bridgehead atoms. The highest BCUT2D eigenvalue weighted by molar-refractivity contribution is 14.1. The number of anilines is 2. The predicted octanol–water partition coefficient (Wildman–Crippen LogP) is 3.89. The number of rotatable bonds is 2. The number of benzene rings is 1. The number of nitrogen functional groups attached to an aromatic ring is 1. The summed E-state index contributed by atoms with van der Waals surface area (Å²) in [5, 5.41) is 0. The zero-order chi connectivity index (χ0) is 12.4. The molecule has 0 aliphatic heterocycles. The molecule has 1 fully saturated rings. The Bertz CT molecular complexity index is 384. The summed E-state index contributed by atoms with van der Waals surface area (Å²) in [6.07, 6.45) is 5.36. The quantitative estimate of drug-likeness (QED) is 0.652. The summed E-state index contributed by atoms with van der Waals surface area (Å²) in [6.45, 7) is 2.36. The lowest BCUT2D eigenvalue weighted by Gasteiger charge is -2.35. The van der Waals surface area contributed by atoms with Gasteiger partial charge in [0.25, 0.3) is 0 Å². The Hall–Kier alpha value is -0.450. The van der Waals surface area contributed by atoms with Crippen LogP contribution in [0.2, 0.25) is 0 Å². The Kier molecular flexibility index (Phi) is 4.17. The summed E-state index contributed by atoms with van der Waals surface area (Å²) in [7, 11) is 2.22. The molecule has 1 saturated carbocycles. The maximum absolute atomic E-state index is 5.80. The Balaban J connectivity index is 2.11. The summed E-state index contributed by atoms with van der Waals surface area (Å²) >= 11 is 2.38. The molecule has 1 aromatic carbocycles. The summed E-state index contributed by atoms with van der Waals surface area (Å²) < 4.78 is 1.25. The number of halogens is 1. The molecule has 1 aromatic rings. The first kappa shape index (κ1) is 13.0. The van der Waals surface area contributed by atoms with Crippen molar-refractivity contribution >= 4 is 34.0 Å². The molecule has 0 aromatic heterocycles. The Morgan fingerprint density at radius 3 is 2.47 bits per heavy atom. The van der Waals surface area contributed by atoms with Crippen molar-refractivity contribution in [2.45, 2.75) is 38.6 Å². The zero-order valence-corrected chi connectivity index (χ0v) is 12.8.